The maximum Gasteiger partial charge on any atom is 0.331 e. The van der Waals surface area contributed by atoms with Gasteiger partial charge in [-0.3, -0.25) is 0 Å². The van der Waals surface area contributed by atoms with E-state index in [1.807, 2.05) is 6.92 Å². The molecule has 0 spiro atoms. The largest absolute Gasteiger partial charge is 0.458 e. The zero-order chi connectivity index (χ0) is 29.7. The molecule has 0 aromatic rings. The summed E-state index contributed by atoms with van der Waals surface area (Å²) in [4.78, 5) is 11.8. The Balaban J connectivity index is 0.00000353. The van der Waals surface area contributed by atoms with Gasteiger partial charge in [0.1, 0.15) is 24.9 Å². The van der Waals surface area contributed by atoms with Crippen molar-refractivity contribution >= 4 is 5.97 Å². The standard InChI is InChI=1S/C29H44O12.H2O/c1-13-22(34)23(35)24(36)25(40-13)41-15-8-19(32)28(12-30)21-17(3-5-27(28,37)9-15)29(38)6-4-16(14-7-20(33)39-11-14)26(29,2)10-18(21)31;/h7,13,15-19,21-25,30-32,34-38H,3-6,8-12H2,1-2H3;1H2/t13-,15-,16+,17+,18+,19+,21+,22-,23+,24+,25-,26+,27-,28+,29-;/m0./s1. The molecule has 0 amide bonds. The van der Waals surface area contributed by atoms with Crippen LogP contribution in [0.15, 0.2) is 11.6 Å². The average Bonchev–Trinajstić information content (AvgIpc) is 3.45. The molecule has 42 heavy (non-hydrogen) atoms. The van der Waals surface area contributed by atoms with Crippen LogP contribution in [0.3, 0.4) is 0 Å². The van der Waals surface area contributed by atoms with Gasteiger partial charge in [0.05, 0.1) is 47.6 Å². The molecular weight excluding hydrogens is 556 g/mol. The van der Waals surface area contributed by atoms with Gasteiger partial charge in [0.2, 0.25) is 0 Å². The Bertz CT molecular complexity index is 1090. The predicted octanol–water partition coefficient (Wildman–Crippen LogP) is -2.34. The van der Waals surface area contributed by atoms with Crippen molar-refractivity contribution in [2.24, 2.45) is 28.6 Å². The number of hydrogen-bond donors (Lipinski definition) is 8. The fourth-order valence-electron chi connectivity index (χ4n) is 10.1. The molecule has 0 radical (unpaired) electrons. The maximum atomic E-state index is 12.4. The van der Waals surface area contributed by atoms with Gasteiger partial charge >= 0.3 is 5.97 Å². The van der Waals surface area contributed by atoms with E-state index in [-0.39, 0.29) is 43.7 Å². The van der Waals surface area contributed by atoms with E-state index < -0.39 is 95.5 Å². The van der Waals surface area contributed by atoms with Crippen LogP contribution in [0.25, 0.3) is 0 Å². The first-order valence-electron chi connectivity index (χ1n) is 14.9. The van der Waals surface area contributed by atoms with Gasteiger partial charge in [0, 0.05) is 30.3 Å². The van der Waals surface area contributed by atoms with Gasteiger partial charge < -0.3 is 60.5 Å². The van der Waals surface area contributed by atoms with Crippen LogP contribution in [-0.4, -0.2) is 126 Å². The topological polar surface area (TPSA) is 238 Å². The van der Waals surface area contributed by atoms with E-state index in [9.17, 15) is 45.6 Å². The lowest BCUT2D eigenvalue weighted by molar-refractivity contribution is -0.342. The van der Waals surface area contributed by atoms with E-state index in [2.05, 4.69) is 0 Å². The highest BCUT2D eigenvalue weighted by molar-refractivity contribution is 5.85. The molecule has 240 valence electrons. The lowest BCUT2D eigenvalue weighted by Crippen LogP contribution is -2.76. The number of carbonyl (C=O) groups excluding carboxylic acids is 1. The minimum absolute atomic E-state index is 0. The number of aliphatic hydroxyl groups is 8. The molecule has 13 nitrogen and oxygen atoms in total. The second-order valence-corrected chi connectivity index (χ2v) is 13.8. The van der Waals surface area contributed by atoms with Gasteiger partial charge in [0.25, 0.3) is 0 Å². The number of esters is 1. The van der Waals surface area contributed by atoms with Gasteiger partial charge in [-0.05, 0) is 56.4 Å². The van der Waals surface area contributed by atoms with Gasteiger partial charge in [-0.1, -0.05) is 6.92 Å². The van der Waals surface area contributed by atoms with Crippen molar-refractivity contribution in [3.05, 3.63) is 11.6 Å². The van der Waals surface area contributed by atoms with Crippen molar-refractivity contribution in [3.63, 3.8) is 0 Å². The average molecular weight is 603 g/mol. The maximum absolute atomic E-state index is 12.4. The first-order valence-corrected chi connectivity index (χ1v) is 14.9. The monoisotopic (exact) mass is 602 g/mol. The molecule has 13 heteroatoms. The fraction of sp³-hybridized carbons (Fsp3) is 0.897. The lowest BCUT2D eigenvalue weighted by Gasteiger charge is -2.68. The highest BCUT2D eigenvalue weighted by atomic mass is 16.7. The molecule has 6 aliphatic rings. The van der Waals surface area contributed by atoms with Crippen molar-refractivity contribution in [2.75, 3.05) is 13.2 Å². The quantitative estimate of drug-likeness (QED) is 0.125. The number of rotatable bonds is 4. The molecule has 2 aliphatic heterocycles. The third-order valence-corrected chi connectivity index (χ3v) is 12.2. The van der Waals surface area contributed by atoms with Crippen LogP contribution in [0.4, 0.5) is 0 Å². The van der Waals surface area contributed by atoms with Gasteiger partial charge in [-0.2, -0.15) is 0 Å². The van der Waals surface area contributed by atoms with Gasteiger partial charge in [-0.25, -0.2) is 4.79 Å². The SMILES string of the molecule is C[C@@H]1O[C@@H](O[C@H]2C[C@@H](O)[C@]3(CO)[C@H]4[C@H](O)C[C@]5(C)[C@@H](C6=CC(=O)OC6)CC[C@]5(O)[C@@H]4CC[C@]3(O)C2)[C@H](O)[C@H](O)[C@H]1O.O. The zero-order valence-electron chi connectivity index (χ0n) is 24.0. The summed E-state index contributed by atoms with van der Waals surface area (Å²) in [6, 6.07) is 0. The molecule has 0 aromatic carbocycles. The molecule has 0 bridgehead atoms. The number of aliphatic hydroxyl groups excluding tert-OH is 6. The van der Waals surface area contributed by atoms with Crippen molar-refractivity contribution < 1.29 is 65.3 Å². The molecule has 2 heterocycles. The molecule has 15 atom stereocenters. The van der Waals surface area contributed by atoms with Crippen LogP contribution < -0.4 is 0 Å². The third-order valence-electron chi connectivity index (χ3n) is 12.2. The van der Waals surface area contributed by atoms with Crippen molar-refractivity contribution in [1.82, 2.24) is 0 Å². The summed E-state index contributed by atoms with van der Waals surface area (Å²) in [5, 5.41) is 89.6. The second kappa shape index (κ2) is 10.7. The highest BCUT2D eigenvalue weighted by Gasteiger charge is 2.75. The lowest BCUT2D eigenvalue weighted by atomic mass is 9.40. The summed E-state index contributed by atoms with van der Waals surface area (Å²) in [6.45, 7) is 3.00. The molecule has 1 saturated heterocycles. The Morgan fingerprint density at radius 3 is 2.38 bits per heavy atom. The van der Waals surface area contributed by atoms with Crippen molar-refractivity contribution in [3.8, 4) is 0 Å². The Morgan fingerprint density at radius 2 is 1.74 bits per heavy atom. The number of cyclic esters (lactones) is 1. The molecular formula is C29H46O13. The van der Waals surface area contributed by atoms with Crippen molar-refractivity contribution in [1.29, 1.82) is 0 Å². The normalized spacial score (nSPS) is 55.5. The Kier molecular flexibility index (Phi) is 8.19. The van der Waals surface area contributed by atoms with Gasteiger partial charge in [0.15, 0.2) is 6.29 Å². The summed E-state index contributed by atoms with van der Waals surface area (Å²) < 4.78 is 16.7. The minimum Gasteiger partial charge on any atom is -0.458 e. The number of fused-ring (bicyclic) bond motifs is 5. The number of ether oxygens (including phenoxy) is 3. The summed E-state index contributed by atoms with van der Waals surface area (Å²) in [7, 11) is 0. The molecule has 6 rings (SSSR count). The van der Waals surface area contributed by atoms with Crippen LogP contribution >= 0.6 is 0 Å². The van der Waals surface area contributed by atoms with E-state index in [1.165, 1.54) is 13.0 Å². The Labute approximate surface area is 244 Å². The highest BCUT2D eigenvalue weighted by Crippen LogP contribution is 2.70. The first-order chi connectivity index (χ1) is 19.2. The predicted molar refractivity (Wildman–Crippen MR) is 142 cm³/mol. The minimum atomic E-state index is -1.67. The van der Waals surface area contributed by atoms with E-state index in [4.69, 9.17) is 14.2 Å². The summed E-state index contributed by atoms with van der Waals surface area (Å²) in [5.74, 6) is -1.93. The molecule has 10 N–H and O–H groups in total. The van der Waals surface area contributed by atoms with Crippen LogP contribution in [0.5, 0.6) is 0 Å². The van der Waals surface area contributed by atoms with Crippen LogP contribution in [-0.2, 0) is 19.0 Å². The van der Waals surface area contributed by atoms with Crippen LogP contribution in [0.1, 0.15) is 58.8 Å². The summed E-state index contributed by atoms with van der Waals surface area (Å²) in [6.07, 6.45) is -6.68. The molecule has 4 aliphatic carbocycles. The fourth-order valence-corrected chi connectivity index (χ4v) is 10.1. The number of carbonyl (C=O) groups is 1. The third kappa shape index (κ3) is 4.20. The Morgan fingerprint density at radius 1 is 1.02 bits per heavy atom. The smallest absolute Gasteiger partial charge is 0.331 e. The number of hydrogen-bond acceptors (Lipinski definition) is 12. The second-order valence-electron chi connectivity index (χ2n) is 13.8. The van der Waals surface area contributed by atoms with Crippen LogP contribution in [0, 0.1) is 28.6 Å². The molecule has 4 saturated carbocycles. The van der Waals surface area contributed by atoms with E-state index in [0.717, 1.165) is 5.57 Å². The molecule has 0 aromatic heterocycles. The molecule has 0 unspecified atom stereocenters. The van der Waals surface area contributed by atoms with E-state index in [1.54, 1.807) is 0 Å². The van der Waals surface area contributed by atoms with Crippen LogP contribution in [0.2, 0.25) is 0 Å². The van der Waals surface area contributed by atoms with E-state index in [0.29, 0.717) is 19.3 Å². The first kappa shape index (κ1) is 32.2. The summed E-state index contributed by atoms with van der Waals surface area (Å²) in [5.41, 5.74) is -4.46. The van der Waals surface area contributed by atoms with Gasteiger partial charge in [-0.15, -0.1) is 0 Å². The molecule has 5 fully saturated rings. The van der Waals surface area contributed by atoms with Crippen molar-refractivity contribution in [2.45, 2.75) is 119 Å². The Hall–Kier alpha value is -1.23. The summed E-state index contributed by atoms with van der Waals surface area (Å²) >= 11 is 0. The zero-order valence-corrected chi connectivity index (χ0v) is 24.0. The van der Waals surface area contributed by atoms with E-state index >= 15 is 0 Å².